The summed E-state index contributed by atoms with van der Waals surface area (Å²) in [6.07, 6.45) is -0.512. The van der Waals surface area contributed by atoms with Crippen LogP contribution in [0, 0.1) is 0 Å². The van der Waals surface area contributed by atoms with E-state index in [0.29, 0.717) is 5.82 Å². The summed E-state index contributed by atoms with van der Waals surface area (Å²) in [6.45, 7) is -0.550. The maximum Gasteiger partial charge on any atom is 0.242 e. The average Bonchev–Trinajstić information content (AvgIpc) is 2.38. The predicted octanol–water partition coefficient (Wildman–Crippen LogP) is -1.11. The fourth-order valence-corrected chi connectivity index (χ4v) is 1.89. The van der Waals surface area contributed by atoms with Gasteiger partial charge in [-0.3, -0.25) is 4.79 Å². The molecule has 0 saturated heterocycles. The van der Waals surface area contributed by atoms with Gasteiger partial charge in [-0.2, -0.15) is 9.97 Å². The summed E-state index contributed by atoms with van der Waals surface area (Å²) < 4.78 is 5.20. The van der Waals surface area contributed by atoms with E-state index in [9.17, 15) is 9.90 Å². The van der Waals surface area contributed by atoms with E-state index in [4.69, 9.17) is 15.6 Å². The zero-order valence-corrected chi connectivity index (χ0v) is 10.3. The van der Waals surface area contributed by atoms with Crippen molar-refractivity contribution in [1.29, 1.82) is 0 Å². The lowest BCUT2D eigenvalue weighted by Crippen LogP contribution is -2.46. The van der Waals surface area contributed by atoms with Crippen LogP contribution >= 0.6 is 0 Å². The summed E-state index contributed by atoms with van der Waals surface area (Å²) in [4.78, 5) is 18.8. The number of carbonyl (C=O) groups is 1. The molecule has 0 aliphatic carbocycles. The van der Waals surface area contributed by atoms with Gasteiger partial charge in [-0.1, -0.05) is 0 Å². The largest absolute Gasteiger partial charge is 0.492 e. The molecular weight excluding hydrogens is 254 g/mol. The number of aliphatic hydroxyl groups is 1. The number of hydrogen-bond acceptors (Lipinski definition) is 9. The lowest BCUT2D eigenvalue weighted by atomic mass is 10.1. The first kappa shape index (κ1) is 13.3. The molecule has 1 aliphatic rings. The Morgan fingerprint density at radius 2 is 2.21 bits per heavy atom. The molecular formula is C10H15N5O4. The van der Waals surface area contributed by atoms with Crippen molar-refractivity contribution in [3.8, 4) is 5.88 Å². The standard InChI is InChI=1S/C10H15N5O4/c1-19-9-5(2-4(17)3-16)12-6-7(13-9)14-10(11)15-8(6)18/h5,9,12,16H,2-3H2,1H3,(H4,11,13,14,15,18). The summed E-state index contributed by atoms with van der Waals surface area (Å²) >= 11 is 0. The second-order valence-corrected chi connectivity index (χ2v) is 4.08. The lowest BCUT2D eigenvalue weighted by molar-refractivity contribution is -0.122. The number of methoxy groups -OCH3 is 1. The smallest absolute Gasteiger partial charge is 0.242 e. The van der Waals surface area contributed by atoms with Gasteiger partial charge in [0.25, 0.3) is 0 Å². The van der Waals surface area contributed by atoms with Crippen molar-refractivity contribution in [2.24, 2.45) is 0 Å². The van der Waals surface area contributed by atoms with Crippen molar-refractivity contribution in [1.82, 2.24) is 9.97 Å². The maximum atomic E-state index is 11.3. The molecule has 2 unspecified atom stereocenters. The van der Waals surface area contributed by atoms with Crippen LogP contribution < -0.4 is 16.4 Å². The molecule has 0 radical (unpaired) electrons. The van der Waals surface area contributed by atoms with Gasteiger partial charge in [0, 0.05) is 13.5 Å². The Morgan fingerprint density at radius 1 is 1.47 bits per heavy atom. The number of nitrogens with two attached hydrogens (primary N) is 1. The number of anilines is 3. The second-order valence-electron chi connectivity index (χ2n) is 4.08. The molecule has 0 spiro atoms. The van der Waals surface area contributed by atoms with Gasteiger partial charge in [-0.05, 0) is 0 Å². The van der Waals surface area contributed by atoms with Crippen molar-refractivity contribution in [3.63, 3.8) is 0 Å². The van der Waals surface area contributed by atoms with Gasteiger partial charge in [0.15, 0.2) is 11.6 Å². The molecule has 1 aliphatic heterocycles. The van der Waals surface area contributed by atoms with Crippen LogP contribution in [0.3, 0.4) is 0 Å². The van der Waals surface area contributed by atoms with Crippen molar-refractivity contribution < 1.29 is 19.7 Å². The third-order valence-corrected chi connectivity index (χ3v) is 2.76. The van der Waals surface area contributed by atoms with Crippen LogP contribution in [0.5, 0.6) is 5.88 Å². The molecule has 0 saturated carbocycles. The van der Waals surface area contributed by atoms with Crippen LogP contribution in [-0.2, 0) is 9.53 Å². The zero-order valence-electron chi connectivity index (χ0n) is 10.3. The highest BCUT2D eigenvalue weighted by Crippen LogP contribution is 2.34. The molecule has 2 atom stereocenters. The second kappa shape index (κ2) is 5.24. The van der Waals surface area contributed by atoms with Gasteiger partial charge in [0.2, 0.25) is 11.8 Å². The number of nitrogen functional groups attached to an aromatic ring is 1. The Labute approximate surface area is 108 Å². The fourth-order valence-electron chi connectivity index (χ4n) is 1.89. The number of hydrogen-bond donors (Lipinski definition) is 5. The van der Waals surface area contributed by atoms with E-state index in [1.807, 2.05) is 0 Å². The van der Waals surface area contributed by atoms with Gasteiger partial charge >= 0.3 is 0 Å². The SMILES string of the molecule is COC1Nc2nc(N)nc(O)c2NC1CC(=O)CO. The molecule has 0 aromatic carbocycles. The van der Waals surface area contributed by atoms with Gasteiger partial charge in [-0.15, -0.1) is 0 Å². The topological polar surface area (TPSA) is 143 Å². The summed E-state index contributed by atoms with van der Waals surface area (Å²) in [5, 5.41) is 24.3. The number of aliphatic hydroxyl groups excluding tert-OH is 1. The number of fused-ring (bicyclic) bond motifs is 1. The van der Waals surface area contributed by atoms with E-state index in [1.54, 1.807) is 0 Å². The summed E-state index contributed by atoms with van der Waals surface area (Å²) in [7, 11) is 1.46. The van der Waals surface area contributed by atoms with E-state index in [1.165, 1.54) is 7.11 Å². The van der Waals surface area contributed by atoms with E-state index >= 15 is 0 Å². The van der Waals surface area contributed by atoms with E-state index < -0.39 is 18.9 Å². The van der Waals surface area contributed by atoms with Gasteiger partial charge in [0.1, 0.15) is 18.5 Å². The molecule has 6 N–H and O–H groups in total. The molecule has 2 heterocycles. The number of rotatable bonds is 4. The lowest BCUT2D eigenvalue weighted by Gasteiger charge is -2.33. The minimum absolute atomic E-state index is 0.0330. The normalized spacial score (nSPS) is 21.2. The number of nitrogens with zero attached hydrogens (tertiary/aromatic N) is 2. The van der Waals surface area contributed by atoms with Crippen molar-refractivity contribution in [3.05, 3.63) is 0 Å². The van der Waals surface area contributed by atoms with Crippen LogP contribution in [0.25, 0.3) is 0 Å². The van der Waals surface area contributed by atoms with E-state index in [-0.39, 0.29) is 29.7 Å². The summed E-state index contributed by atoms with van der Waals surface area (Å²) in [6, 6.07) is -0.463. The molecule has 0 fully saturated rings. The Kier molecular flexibility index (Phi) is 3.67. The van der Waals surface area contributed by atoms with Crippen molar-refractivity contribution in [2.75, 3.05) is 30.1 Å². The monoisotopic (exact) mass is 269 g/mol. The Morgan fingerprint density at radius 3 is 2.84 bits per heavy atom. The highest BCUT2D eigenvalue weighted by molar-refractivity contribution is 5.82. The first-order chi connectivity index (χ1) is 9.05. The number of Topliss-reactive ketones (excluding diaryl/α,β-unsaturated/α-hetero) is 1. The number of ketones is 1. The van der Waals surface area contributed by atoms with Crippen LogP contribution in [0.1, 0.15) is 6.42 Å². The highest BCUT2D eigenvalue weighted by atomic mass is 16.5. The minimum Gasteiger partial charge on any atom is -0.492 e. The number of ether oxygens (including phenoxy) is 1. The molecule has 19 heavy (non-hydrogen) atoms. The molecule has 1 aromatic rings. The predicted molar refractivity (Wildman–Crippen MR) is 66.6 cm³/mol. The molecule has 9 heteroatoms. The fraction of sp³-hybridized carbons (Fsp3) is 0.500. The van der Waals surface area contributed by atoms with Crippen LogP contribution in [0.4, 0.5) is 17.5 Å². The van der Waals surface area contributed by atoms with Crippen molar-refractivity contribution in [2.45, 2.75) is 18.7 Å². The van der Waals surface area contributed by atoms with Crippen LogP contribution in [0.2, 0.25) is 0 Å². The molecule has 2 rings (SSSR count). The zero-order chi connectivity index (χ0) is 14.0. The third-order valence-electron chi connectivity index (χ3n) is 2.76. The van der Waals surface area contributed by atoms with Crippen LogP contribution in [0.15, 0.2) is 0 Å². The Balaban J connectivity index is 2.27. The average molecular weight is 269 g/mol. The van der Waals surface area contributed by atoms with Crippen LogP contribution in [-0.4, -0.2) is 52.0 Å². The van der Waals surface area contributed by atoms with Gasteiger partial charge in [0.05, 0.1) is 6.04 Å². The van der Waals surface area contributed by atoms with E-state index in [2.05, 4.69) is 20.6 Å². The Bertz CT molecular complexity index is 495. The Hall–Kier alpha value is -2.13. The highest BCUT2D eigenvalue weighted by Gasteiger charge is 2.32. The molecule has 1 aromatic heterocycles. The van der Waals surface area contributed by atoms with Crippen molar-refractivity contribution >= 4 is 23.2 Å². The third kappa shape index (κ3) is 2.66. The first-order valence-electron chi connectivity index (χ1n) is 5.60. The summed E-state index contributed by atoms with van der Waals surface area (Å²) in [5.41, 5.74) is 5.68. The molecule has 0 amide bonds. The quantitative estimate of drug-likeness (QED) is 0.460. The maximum absolute atomic E-state index is 11.3. The van der Waals surface area contributed by atoms with Gasteiger partial charge < -0.3 is 31.3 Å². The van der Waals surface area contributed by atoms with Gasteiger partial charge in [-0.25, -0.2) is 0 Å². The number of aromatic nitrogens is 2. The van der Waals surface area contributed by atoms with E-state index in [0.717, 1.165) is 0 Å². The number of carbonyl (C=O) groups excluding carboxylic acids is 1. The first-order valence-corrected chi connectivity index (χ1v) is 5.60. The minimum atomic E-state index is -0.550. The number of aromatic hydroxyl groups is 1. The number of nitrogens with one attached hydrogen (secondary N) is 2. The molecule has 104 valence electrons. The molecule has 0 bridgehead atoms. The molecule has 9 nitrogen and oxygen atoms in total. The summed E-state index contributed by atoms with van der Waals surface area (Å²) in [5.74, 6) is -0.443.